The Bertz CT molecular complexity index is 792. The number of nitro groups is 1. The number of nitro benzene ring substituents is 1. The number of rotatable bonds is 4. The maximum absolute atomic E-state index is 12.2. The molecule has 118 valence electrons. The second-order valence-electron chi connectivity index (χ2n) is 4.55. The number of ether oxygens (including phenoxy) is 3. The van der Waals surface area contributed by atoms with Crippen LogP contribution in [0.15, 0.2) is 41.3 Å². The summed E-state index contributed by atoms with van der Waals surface area (Å²) in [6, 6.07) is 8.96. The fourth-order valence-corrected chi connectivity index (χ4v) is 2.61. The van der Waals surface area contributed by atoms with Crippen LogP contribution in [0.3, 0.4) is 0 Å². The van der Waals surface area contributed by atoms with Crippen LogP contribution >= 0.6 is 11.8 Å². The Labute approximate surface area is 135 Å². The zero-order valence-electron chi connectivity index (χ0n) is 12.0. The van der Waals surface area contributed by atoms with E-state index < -0.39 is 10.9 Å². The van der Waals surface area contributed by atoms with Crippen LogP contribution in [0, 0.1) is 10.1 Å². The molecule has 1 aliphatic rings. The van der Waals surface area contributed by atoms with Gasteiger partial charge in [0, 0.05) is 12.1 Å². The Morgan fingerprint density at radius 2 is 2.00 bits per heavy atom. The van der Waals surface area contributed by atoms with Crippen molar-refractivity contribution in [2.75, 3.05) is 13.0 Å². The first-order valence-corrected chi connectivity index (χ1v) is 7.75. The summed E-state index contributed by atoms with van der Waals surface area (Å²) in [5, 5.41) is 11.1. The van der Waals surface area contributed by atoms with Crippen LogP contribution in [-0.2, 0) is 0 Å². The lowest BCUT2D eigenvalue weighted by atomic mass is 10.2. The van der Waals surface area contributed by atoms with E-state index in [4.69, 9.17) is 14.2 Å². The maximum atomic E-state index is 12.2. The van der Waals surface area contributed by atoms with Gasteiger partial charge in [-0.2, -0.15) is 0 Å². The Morgan fingerprint density at radius 1 is 1.22 bits per heavy atom. The molecule has 2 aromatic carbocycles. The molecule has 0 bridgehead atoms. The quantitative estimate of drug-likeness (QED) is 0.279. The van der Waals surface area contributed by atoms with Crippen molar-refractivity contribution in [1.29, 1.82) is 0 Å². The van der Waals surface area contributed by atoms with Gasteiger partial charge in [0.2, 0.25) is 6.79 Å². The first-order chi connectivity index (χ1) is 11.1. The molecule has 0 amide bonds. The zero-order chi connectivity index (χ0) is 16.4. The second kappa shape index (κ2) is 6.17. The van der Waals surface area contributed by atoms with Gasteiger partial charge < -0.3 is 14.2 Å². The van der Waals surface area contributed by atoms with Crippen LogP contribution < -0.4 is 14.2 Å². The van der Waals surface area contributed by atoms with E-state index in [2.05, 4.69) is 0 Å². The van der Waals surface area contributed by atoms with Gasteiger partial charge in [-0.3, -0.25) is 10.1 Å². The number of carbonyl (C=O) groups is 1. The van der Waals surface area contributed by atoms with Crippen molar-refractivity contribution < 1.29 is 23.9 Å². The highest BCUT2D eigenvalue weighted by Gasteiger charge is 2.19. The molecule has 3 rings (SSSR count). The largest absolute Gasteiger partial charge is 0.454 e. The maximum Gasteiger partial charge on any atom is 0.343 e. The molecule has 0 aromatic heterocycles. The topological polar surface area (TPSA) is 87.9 Å². The van der Waals surface area contributed by atoms with Crippen LogP contribution in [-0.4, -0.2) is 23.9 Å². The molecule has 8 heteroatoms. The van der Waals surface area contributed by atoms with Gasteiger partial charge in [-0.25, -0.2) is 4.79 Å². The zero-order valence-corrected chi connectivity index (χ0v) is 12.8. The van der Waals surface area contributed by atoms with E-state index >= 15 is 0 Å². The predicted octanol–water partition coefficient (Wildman–Crippen LogP) is 3.26. The van der Waals surface area contributed by atoms with E-state index in [1.165, 1.54) is 36.0 Å². The number of benzene rings is 2. The highest BCUT2D eigenvalue weighted by atomic mass is 32.2. The van der Waals surface area contributed by atoms with Gasteiger partial charge in [0.1, 0.15) is 5.75 Å². The average Bonchev–Trinajstić information content (AvgIpc) is 3.01. The second-order valence-corrected chi connectivity index (χ2v) is 5.40. The molecule has 0 unspecified atom stereocenters. The van der Waals surface area contributed by atoms with E-state index in [0.717, 1.165) is 0 Å². The lowest BCUT2D eigenvalue weighted by Gasteiger charge is -2.06. The number of esters is 1. The molecule has 0 aliphatic carbocycles. The summed E-state index contributed by atoms with van der Waals surface area (Å²) in [7, 11) is 0. The van der Waals surface area contributed by atoms with Crippen molar-refractivity contribution in [1.82, 2.24) is 0 Å². The Kier molecular flexibility index (Phi) is 4.07. The fourth-order valence-electron chi connectivity index (χ4n) is 2.07. The number of hydrogen-bond donors (Lipinski definition) is 0. The van der Waals surface area contributed by atoms with Gasteiger partial charge in [-0.15, -0.1) is 11.8 Å². The van der Waals surface area contributed by atoms with Crippen LogP contribution in [0.5, 0.6) is 17.2 Å². The smallest absolute Gasteiger partial charge is 0.343 e. The number of hydrogen-bond acceptors (Lipinski definition) is 7. The number of fused-ring (bicyclic) bond motifs is 1. The average molecular weight is 333 g/mol. The Morgan fingerprint density at radius 3 is 2.74 bits per heavy atom. The van der Waals surface area contributed by atoms with E-state index in [0.29, 0.717) is 16.4 Å². The summed E-state index contributed by atoms with van der Waals surface area (Å²) >= 11 is 1.24. The summed E-state index contributed by atoms with van der Waals surface area (Å²) in [6.07, 6.45) is 1.73. The van der Waals surface area contributed by atoms with E-state index in [1.807, 2.05) is 0 Å². The van der Waals surface area contributed by atoms with Gasteiger partial charge in [-0.05, 0) is 30.5 Å². The highest BCUT2D eigenvalue weighted by Crippen LogP contribution is 2.35. The molecule has 0 atom stereocenters. The van der Waals surface area contributed by atoms with Gasteiger partial charge in [0.25, 0.3) is 5.69 Å². The third kappa shape index (κ3) is 3.07. The number of carbonyl (C=O) groups excluding carboxylic acids is 1. The molecule has 0 saturated carbocycles. The van der Waals surface area contributed by atoms with E-state index in [9.17, 15) is 14.9 Å². The fraction of sp³-hybridized carbons (Fsp3) is 0.133. The number of nitrogens with zero attached hydrogens (tertiary/aromatic N) is 1. The molecule has 2 aromatic rings. The summed E-state index contributed by atoms with van der Waals surface area (Å²) in [5.74, 6) is 0.652. The molecule has 0 fully saturated rings. The third-order valence-corrected chi connectivity index (χ3v) is 3.95. The molecule has 7 nitrogen and oxygen atoms in total. The van der Waals surface area contributed by atoms with Crippen molar-refractivity contribution >= 4 is 23.4 Å². The molecular weight excluding hydrogens is 322 g/mol. The van der Waals surface area contributed by atoms with Gasteiger partial charge in [0.15, 0.2) is 11.5 Å². The Hall–Kier alpha value is -2.74. The van der Waals surface area contributed by atoms with Crippen molar-refractivity contribution in [3.8, 4) is 17.2 Å². The first kappa shape index (κ1) is 15.2. The molecule has 0 N–H and O–H groups in total. The van der Waals surface area contributed by atoms with Crippen molar-refractivity contribution in [3.63, 3.8) is 0 Å². The molecule has 0 spiro atoms. The van der Waals surface area contributed by atoms with Crippen LogP contribution in [0.1, 0.15) is 10.4 Å². The molecule has 23 heavy (non-hydrogen) atoms. The van der Waals surface area contributed by atoms with E-state index in [1.54, 1.807) is 18.4 Å². The van der Waals surface area contributed by atoms with Gasteiger partial charge >= 0.3 is 5.97 Å². The van der Waals surface area contributed by atoms with Gasteiger partial charge in [0.05, 0.1) is 15.4 Å². The summed E-state index contributed by atoms with van der Waals surface area (Å²) in [5.41, 5.74) is -0.0233. The highest BCUT2D eigenvalue weighted by molar-refractivity contribution is 7.98. The first-order valence-electron chi connectivity index (χ1n) is 6.53. The monoisotopic (exact) mass is 333 g/mol. The minimum absolute atomic E-state index is 0.104. The SMILES string of the molecule is CSc1ccc(C(=O)Oc2ccc3c(c2)OCO3)cc1[N+](=O)[O-]. The summed E-state index contributed by atoms with van der Waals surface area (Å²) in [4.78, 5) is 23.2. The molecule has 1 heterocycles. The minimum atomic E-state index is -0.681. The minimum Gasteiger partial charge on any atom is -0.454 e. The third-order valence-electron chi connectivity index (χ3n) is 3.17. The molecule has 0 saturated heterocycles. The summed E-state index contributed by atoms with van der Waals surface area (Å²) < 4.78 is 15.6. The van der Waals surface area contributed by atoms with Gasteiger partial charge in [-0.1, -0.05) is 0 Å². The van der Waals surface area contributed by atoms with Crippen LogP contribution in [0.2, 0.25) is 0 Å². The molecular formula is C15H11NO6S. The predicted molar refractivity (Wildman–Crippen MR) is 82.4 cm³/mol. The van der Waals surface area contributed by atoms with Crippen molar-refractivity contribution in [2.45, 2.75) is 4.90 Å². The standard InChI is InChI=1S/C15H11NO6S/c1-23-14-5-2-9(6-11(14)16(18)19)15(17)22-10-3-4-12-13(7-10)21-8-20-12/h2-7H,8H2,1H3. The summed E-state index contributed by atoms with van der Waals surface area (Å²) in [6.45, 7) is 0.120. The van der Waals surface area contributed by atoms with Crippen molar-refractivity contribution in [3.05, 3.63) is 52.1 Å². The van der Waals surface area contributed by atoms with E-state index in [-0.39, 0.29) is 23.8 Å². The lowest BCUT2D eigenvalue weighted by Crippen LogP contribution is -2.09. The Balaban J connectivity index is 1.83. The van der Waals surface area contributed by atoms with Crippen molar-refractivity contribution in [2.24, 2.45) is 0 Å². The number of thioether (sulfide) groups is 1. The normalized spacial score (nSPS) is 12.0. The molecule has 1 aliphatic heterocycles. The lowest BCUT2D eigenvalue weighted by molar-refractivity contribution is -0.387. The van der Waals surface area contributed by atoms with Crippen LogP contribution in [0.25, 0.3) is 0 Å². The molecule has 0 radical (unpaired) electrons. The van der Waals surface area contributed by atoms with Crippen LogP contribution in [0.4, 0.5) is 5.69 Å².